The number of nitrogens with one attached hydrogen (secondary N) is 1. The highest BCUT2D eigenvalue weighted by Gasteiger charge is 2.27. The topological polar surface area (TPSA) is 33.1 Å². The lowest BCUT2D eigenvalue weighted by molar-refractivity contribution is 0.226. The second kappa shape index (κ2) is 4.69. The molecule has 1 saturated heterocycles. The first-order valence-corrected chi connectivity index (χ1v) is 6.88. The third-order valence-electron chi connectivity index (χ3n) is 3.89. The number of anilines is 1. The Balaban J connectivity index is 1.63. The van der Waals surface area contributed by atoms with Crippen molar-refractivity contribution in [1.29, 1.82) is 0 Å². The minimum Gasteiger partial charge on any atom is -0.352 e. The quantitative estimate of drug-likeness (QED) is 0.866. The van der Waals surface area contributed by atoms with Crippen molar-refractivity contribution >= 4 is 5.95 Å². The van der Waals surface area contributed by atoms with Gasteiger partial charge in [0.15, 0.2) is 0 Å². The average molecular weight is 234 g/mol. The maximum Gasteiger partial charge on any atom is 0.203 e. The largest absolute Gasteiger partial charge is 0.352 e. The van der Waals surface area contributed by atoms with Crippen LogP contribution in [0.25, 0.3) is 0 Å². The van der Waals surface area contributed by atoms with Gasteiger partial charge in [-0.1, -0.05) is 6.92 Å². The number of imidazole rings is 1. The van der Waals surface area contributed by atoms with E-state index in [4.69, 9.17) is 0 Å². The molecule has 0 bridgehead atoms. The zero-order valence-electron chi connectivity index (χ0n) is 10.6. The van der Waals surface area contributed by atoms with Crippen LogP contribution in [0.2, 0.25) is 0 Å². The van der Waals surface area contributed by atoms with Crippen molar-refractivity contribution in [2.45, 2.75) is 44.7 Å². The number of hydrogen-bond acceptors (Lipinski definition) is 3. The van der Waals surface area contributed by atoms with Gasteiger partial charge in [0.1, 0.15) is 0 Å². The fourth-order valence-corrected chi connectivity index (χ4v) is 2.72. The van der Waals surface area contributed by atoms with E-state index in [1.165, 1.54) is 32.2 Å². The minimum absolute atomic E-state index is 0.573. The summed E-state index contributed by atoms with van der Waals surface area (Å²) in [6, 6.07) is 1.29. The summed E-state index contributed by atoms with van der Waals surface area (Å²) >= 11 is 0. The van der Waals surface area contributed by atoms with Crippen molar-refractivity contribution in [2.24, 2.45) is 0 Å². The summed E-state index contributed by atoms with van der Waals surface area (Å²) in [5, 5.41) is 3.63. The summed E-state index contributed by atoms with van der Waals surface area (Å²) in [4.78, 5) is 6.98. The van der Waals surface area contributed by atoms with Crippen LogP contribution in [0.4, 0.5) is 5.95 Å². The van der Waals surface area contributed by atoms with E-state index in [9.17, 15) is 0 Å². The fraction of sp³-hybridized carbons (Fsp3) is 0.769. The van der Waals surface area contributed by atoms with Crippen LogP contribution in [0.5, 0.6) is 0 Å². The molecule has 2 aliphatic rings. The standard InChI is InChI=1S/C13H22N4/c1-2-16-8-3-4-11(10-16)15-13-14-7-9-17(13)12-5-6-12/h7,9,11-12H,2-6,8,10H2,1H3,(H,14,15). The van der Waals surface area contributed by atoms with Gasteiger partial charge in [-0.3, -0.25) is 0 Å². The number of likely N-dealkylation sites (tertiary alicyclic amines) is 1. The fourth-order valence-electron chi connectivity index (χ4n) is 2.72. The van der Waals surface area contributed by atoms with Gasteiger partial charge in [0.25, 0.3) is 0 Å². The monoisotopic (exact) mass is 234 g/mol. The molecule has 4 nitrogen and oxygen atoms in total. The number of piperidine rings is 1. The van der Waals surface area contributed by atoms with Gasteiger partial charge in [-0.15, -0.1) is 0 Å². The van der Waals surface area contributed by atoms with E-state index < -0.39 is 0 Å². The summed E-state index contributed by atoms with van der Waals surface area (Å²) in [5.41, 5.74) is 0. The van der Waals surface area contributed by atoms with E-state index >= 15 is 0 Å². The van der Waals surface area contributed by atoms with Crippen molar-refractivity contribution in [3.8, 4) is 0 Å². The number of aromatic nitrogens is 2. The van der Waals surface area contributed by atoms with Crippen molar-refractivity contribution < 1.29 is 0 Å². The van der Waals surface area contributed by atoms with E-state index in [0.29, 0.717) is 12.1 Å². The van der Waals surface area contributed by atoms with Gasteiger partial charge in [-0.05, 0) is 38.8 Å². The van der Waals surface area contributed by atoms with Gasteiger partial charge in [0, 0.05) is 31.0 Å². The Bertz CT molecular complexity index is 369. The predicted molar refractivity (Wildman–Crippen MR) is 69.3 cm³/mol. The Morgan fingerprint density at radius 1 is 1.41 bits per heavy atom. The molecule has 0 aromatic carbocycles. The van der Waals surface area contributed by atoms with Gasteiger partial charge in [-0.25, -0.2) is 4.98 Å². The molecule has 1 aromatic rings. The van der Waals surface area contributed by atoms with Gasteiger partial charge >= 0.3 is 0 Å². The maximum absolute atomic E-state index is 4.46. The summed E-state index contributed by atoms with van der Waals surface area (Å²) in [7, 11) is 0. The lowest BCUT2D eigenvalue weighted by Crippen LogP contribution is -2.42. The van der Waals surface area contributed by atoms with Crippen molar-refractivity contribution in [2.75, 3.05) is 25.0 Å². The summed E-state index contributed by atoms with van der Waals surface area (Å²) in [5.74, 6) is 1.08. The summed E-state index contributed by atoms with van der Waals surface area (Å²) in [6.45, 7) is 5.82. The highest BCUT2D eigenvalue weighted by atomic mass is 15.3. The van der Waals surface area contributed by atoms with Gasteiger partial charge in [0.05, 0.1) is 0 Å². The molecule has 1 unspecified atom stereocenters. The van der Waals surface area contributed by atoms with Gasteiger partial charge in [-0.2, -0.15) is 0 Å². The molecule has 0 amide bonds. The second-order valence-corrected chi connectivity index (χ2v) is 5.27. The van der Waals surface area contributed by atoms with Crippen LogP contribution < -0.4 is 5.32 Å². The molecule has 1 aliphatic carbocycles. The number of rotatable bonds is 4. The molecule has 3 rings (SSSR count). The van der Waals surface area contributed by atoms with Gasteiger partial charge in [0.2, 0.25) is 5.95 Å². The molecule has 17 heavy (non-hydrogen) atoms. The molecule has 1 N–H and O–H groups in total. The second-order valence-electron chi connectivity index (χ2n) is 5.27. The predicted octanol–water partition coefficient (Wildman–Crippen LogP) is 2.11. The first kappa shape index (κ1) is 11.1. The molecule has 1 saturated carbocycles. The van der Waals surface area contributed by atoms with Crippen molar-refractivity contribution in [3.63, 3.8) is 0 Å². The number of likely N-dealkylation sites (N-methyl/N-ethyl adjacent to an activating group) is 1. The number of nitrogens with zero attached hydrogens (tertiary/aromatic N) is 3. The molecule has 1 atom stereocenters. The lowest BCUT2D eigenvalue weighted by atomic mass is 10.1. The Morgan fingerprint density at radius 3 is 3.06 bits per heavy atom. The summed E-state index contributed by atoms with van der Waals surface area (Å²) < 4.78 is 2.31. The lowest BCUT2D eigenvalue weighted by Gasteiger charge is -2.32. The van der Waals surface area contributed by atoms with E-state index in [0.717, 1.165) is 19.0 Å². The van der Waals surface area contributed by atoms with E-state index in [2.05, 4.69) is 32.9 Å². The zero-order chi connectivity index (χ0) is 11.7. The van der Waals surface area contributed by atoms with Crippen molar-refractivity contribution in [1.82, 2.24) is 14.5 Å². The average Bonchev–Trinajstić information content (AvgIpc) is 3.11. The van der Waals surface area contributed by atoms with Crippen LogP contribution in [-0.4, -0.2) is 40.1 Å². The minimum atomic E-state index is 0.573. The molecule has 94 valence electrons. The maximum atomic E-state index is 4.46. The molecule has 2 heterocycles. The third kappa shape index (κ3) is 2.46. The number of hydrogen-bond donors (Lipinski definition) is 1. The SMILES string of the molecule is CCN1CCCC(Nc2nccn2C2CC2)C1. The molecule has 1 aromatic heterocycles. The zero-order valence-corrected chi connectivity index (χ0v) is 10.6. The highest BCUT2D eigenvalue weighted by molar-refractivity contribution is 5.29. The van der Waals surface area contributed by atoms with E-state index in [1.54, 1.807) is 0 Å². The Kier molecular flexibility index (Phi) is 3.05. The normalized spacial score (nSPS) is 26.1. The van der Waals surface area contributed by atoms with Gasteiger partial charge < -0.3 is 14.8 Å². The highest BCUT2D eigenvalue weighted by Crippen LogP contribution is 2.37. The van der Waals surface area contributed by atoms with Crippen LogP contribution in [0.1, 0.15) is 38.6 Å². The van der Waals surface area contributed by atoms with Crippen LogP contribution >= 0.6 is 0 Å². The van der Waals surface area contributed by atoms with Crippen molar-refractivity contribution in [3.05, 3.63) is 12.4 Å². The van der Waals surface area contributed by atoms with Crippen LogP contribution in [0, 0.1) is 0 Å². The molecule has 4 heteroatoms. The van der Waals surface area contributed by atoms with Crippen LogP contribution in [0.3, 0.4) is 0 Å². The molecular formula is C13H22N4. The molecule has 2 fully saturated rings. The van der Waals surface area contributed by atoms with Crippen LogP contribution in [0.15, 0.2) is 12.4 Å². The Morgan fingerprint density at radius 2 is 2.29 bits per heavy atom. The third-order valence-corrected chi connectivity index (χ3v) is 3.89. The molecular weight excluding hydrogens is 212 g/mol. The van der Waals surface area contributed by atoms with E-state index in [1.807, 2.05) is 6.20 Å². The van der Waals surface area contributed by atoms with E-state index in [-0.39, 0.29) is 0 Å². The Hall–Kier alpha value is -1.03. The molecule has 0 radical (unpaired) electrons. The Labute approximate surface area is 103 Å². The molecule has 1 aliphatic heterocycles. The first-order chi connectivity index (χ1) is 8.36. The molecule has 0 spiro atoms. The van der Waals surface area contributed by atoms with Crippen LogP contribution in [-0.2, 0) is 0 Å². The smallest absolute Gasteiger partial charge is 0.203 e. The first-order valence-electron chi connectivity index (χ1n) is 6.88. The summed E-state index contributed by atoms with van der Waals surface area (Å²) in [6.07, 6.45) is 9.23.